The van der Waals surface area contributed by atoms with E-state index >= 15 is 0 Å². The molecule has 1 aromatic heterocycles. The first kappa shape index (κ1) is 29.3. The van der Waals surface area contributed by atoms with Crippen molar-refractivity contribution in [3.05, 3.63) is 35.1 Å². The molecular weight excluding hydrogens is 543 g/mol. The van der Waals surface area contributed by atoms with Crippen LogP contribution in [-0.2, 0) is 21.2 Å². The summed E-state index contributed by atoms with van der Waals surface area (Å²) in [5, 5.41) is 17.1. The minimum absolute atomic E-state index is 0.00820. The molecule has 0 radical (unpaired) electrons. The maximum atomic E-state index is 14.5. The number of Topliss-reactive ketones (excluding diaryl/α,β-unsaturated/α-hetero) is 1. The molecule has 0 N–H and O–H groups in total. The second-order valence-corrected chi connectivity index (χ2v) is 15.7. The number of alkyl halides is 3. The Balaban J connectivity index is 1.45. The van der Waals surface area contributed by atoms with E-state index in [1.807, 2.05) is 32.9 Å². The summed E-state index contributed by atoms with van der Waals surface area (Å²) in [6, 6.07) is 2.14. The van der Waals surface area contributed by atoms with Crippen LogP contribution in [0.4, 0.5) is 13.2 Å². The summed E-state index contributed by atoms with van der Waals surface area (Å²) in [7, 11) is 0. The molecule has 0 unspecified atom stereocenters. The highest BCUT2D eigenvalue weighted by atomic mass is 19.4. The number of carbonyl (C=O) groups is 2. The van der Waals surface area contributed by atoms with E-state index in [4.69, 9.17) is 4.42 Å². The van der Waals surface area contributed by atoms with Gasteiger partial charge in [0.05, 0.1) is 5.57 Å². The summed E-state index contributed by atoms with van der Waals surface area (Å²) in [5.41, 5.74) is -1.81. The number of allylic oxidation sites excluding steroid dienone is 4. The van der Waals surface area contributed by atoms with E-state index in [9.17, 15) is 28.0 Å². The third-order valence-electron chi connectivity index (χ3n) is 13.3. The predicted molar refractivity (Wildman–Crippen MR) is 147 cm³/mol. The first-order valence-corrected chi connectivity index (χ1v) is 15.1. The first-order chi connectivity index (χ1) is 19.3. The van der Waals surface area contributed by atoms with Crippen molar-refractivity contribution in [3.63, 3.8) is 0 Å². The predicted octanol–water partition coefficient (Wildman–Crippen LogP) is 7.56. The number of rotatable bonds is 1. The number of ketones is 2. The van der Waals surface area contributed by atoms with Crippen LogP contribution in [-0.4, -0.2) is 21.8 Å². The van der Waals surface area contributed by atoms with Gasteiger partial charge in [-0.1, -0.05) is 60.1 Å². The van der Waals surface area contributed by atoms with Gasteiger partial charge >= 0.3 is 12.1 Å². The highest BCUT2D eigenvalue weighted by Gasteiger charge is 2.69. The molecule has 0 spiro atoms. The van der Waals surface area contributed by atoms with Crippen molar-refractivity contribution < 1.29 is 27.2 Å². The Kier molecular flexibility index (Phi) is 5.90. The second-order valence-electron chi connectivity index (χ2n) is 15.7. The van der Waals surface area contributed by atoms with E-state index in [1.165, 1.54) is 0 Å². The van der Waals surface area contributed by atoms with Gasteiger partial charge in [-0.25, -0.2) is 0 Å². The average Bonchev–Trinajstić information content (AvgIpc) is 3.41. The molecule has 3 fully saturated rings. The molecule has 5 aliphatic carbocycles. The Labute approximate surface area is 245 Å². The minimum atomic E-state index is -4.71. The van der Waals surface area contributed by atoms with Crippen LogP contribution in [0.3, 0.4) is 0 Å². The zero-order valence-corrected chi connectivity index (χ0v) is 25.5. The van der Waals surface area contributed by atoms with E-state index in [0.717, 1.165) is 37.7 Å². The van der Waals surface area contributed by atoms with Gasteiger partial charge in [0.1, 0.15) is 6.07 Å². The van der Waals surface area contributed by atoms with E-state index in [2.05, 4.69) is 44.0 Å². The summed E-state index contributed by atoms with van der Waals surface area (Å²) in [4.78, 5) is 27.7. The minimum Gasteiger partial charge on any atom is -0.417 e. The Morgan fingerprint density at radius 3 is 2.26 bits per heavy atom. The van der Waals surface area contributed by atoms with Gasteiger partial charge in [-0.15, -0.1) is 10.2 Å². The summed E-state index contributed by atoms with van der Waals surface area (Å²) < 4.78 is 45.2. The van der Waals surface area contributed by atoms with Crippen LogP contribution in [0.15, 0.2) is 27.7 Å². The van der Waals surface area contributed by atoms with Gasteiger partial charge in [0.15, 0.2) is 11.6 Å². The van der Waals surface area contributed by atoms with Gasteiger partial charge in [0, 0.05) is 22.2 Å². The first-order valence-electron chi connectivity index (χ1n) is 15.1. The summed E-state index contributed by atoms with van der Waals surface area (Å²) >= 11 is 0. The lowest BCUT2D eigenvalue weighted by atomic mass is 9.34. The number of carbonyl (C=O) groups excluding carboxylic acids is 2. The maximum absolute atomic E-state index is 14.5. The number of nitrogens with zero attached hydrogens (tertiary/aromatic N) is 3. The van der Waals surface area contributed by atoms with Gasteiger partial charge in [0.2, 0.25) is 5.89 Å². The topological polar surface area (TPSA) is 96.8 Å². The van der Waals surface area contributed by atoms with E-state index in [1.54, 1.807) is 0 Å². The molecule has 6 nitrogen and oxygen atoms in total. The van der Waals surface area contributed by atoms with E-state index in [-0.39, 0.29) is 51.6 Å². The molecule has 0 saturated heterocycles. The van der Waals surface area contributed by atoms with Crippen LogP contribution in [0.1, 0.15) is 105 Å². The van der Waals surface area contributed by atoms with Crippen molar-refractivity contribution in [1.82, 2.24) is 10.2 Å². The van der Waals surface area contributed by atoms with Gasteiger partial charge in [-0.2, -0.15) is 18.4 Å². The smallest absolute Gasteiger partial charge is 0.417 e. The standard InChI is InChI=1S/C33H40F3N3O3/c1-27(2)21-8-9-31(6)22(30(21,5)15-18(17-37)24(27)41)14-20(40)23-19-16-29(4,25-38-39-26(42-25)33(34,35)36)11-10-28(19,3)12-13-32(23,31)7/h14-15,19,21,23H,8-13,16H2,1-7H3/t19-,21-,23-,28+,29-,30-,31+,32+/m0/s1. The number of hydrogen-bond acceptors (Lipinski definition) is 6. The summed E-state index contributed by atoms with van der Waals surface area (Å²) in [6.07, 6.45) is 4.23. The molecule has 1 heterocycles. The highest BCUT2D eigenvalue weighted by Crippen LogP contribution is 2.74. The largest absolute Gasteiger partial charge is 0.470 e. The maximum Gasteiger partial charge on any atom is 0.470 e. The van der Waals surface area contributed by atoms with Crippen molar-refractivity contribution in [3.8, 4) is 6.07 Å². The second kappa shape index (κ2) is 8.45. The zero-order valence-electron chi connectivity index (χ0n) is 25.5. The molecule has 42 heavy (non-hydrogen) atoms. The van der Waals surface area contributed by atoms with Crippen molar-refractivity contribution in [1.29, 1.82) is 5.26 Å². The number of hydrogen-bond donors (Lipinski definition) is 0. The lowest BCUT2D eigenvalue weighted by Crippen LogP contribution is -2.64. The summed E-state index contributed by atoms with van der Waals surface area (Å²) in [6.45, 7) is 14.6. The molecule has 6 rings (SSSR count). The van der Waals surface area contributed by atoms with Gasteiger partial charge < -0.3 is 4.42 Å². The SMILES string of the molecule is CC1(C)C(=O)C(C#N)=C[C@]2(C)C3=CC(=O)[C@@H]4[C@@H]5C[C@@](C)(c6nnc(C(F)(F)F)o6)CC[C@]5(C)CC[C@@]4(C)[C@]3(C)CC[C@@H]12. The van der Waals surface area contributed by atoms with Crippen molar-refractivity contribution in [2.75, 3.05) is 0 Å². The van der Waals surface area contributed by atoms with Gasteiger partial charge in [0.25, 0.3) is 0 Å². The van der Waals surface area contributed by atoms with Crippen LogP contribution in [0.2, 0.25) is 0 Å². The molecule has 0 amide bonds. The zero-order chi connectivity index (χ0) is 30.9. The molecule has 3 saturated carbocycles. The van der Waals surface area contributed by atoms with Crippen LogP contribution >= 0.6 is 0 Å². The number of halogens is 3. The number of nitriles is 1. The Morgan fingerprint density at radius 1 is 0.976 bits per heavy atom. The van der Waals surface area contributed by atoms with Crippen LogP contribution < -0.4 is 0 Å². The normalized spacial score (nSPS) is 44.5. The van der Waals surface area contributed by atoms with Gasteiger partial charge in [-0.3, -0.25) is 9.59 Å². The summed E-state index contributed by atoms with van der Waals surface area (Å²) in [5.74, 6) is -1.84. The fourth-order valence-corrected chi connectivity index (χ4v) is 10.5. The van der Waals surface area contributed by atoms with Crippen LogP contribution in [0.25, 0.3) is 0 Å². The molecule has 0 bridgehead atoms. The molecule has 0 aliphatic heterocycles. The fourth-order valence-electron chi connectivity index (χ4n) is 10.5. The molecule has 0 aromatic carbocycles. The van der Waals surface area contributed by atoms with Crippen molar-refractivity contribution in [2.24, 2.45) is 44.8 Å². The molecule has 8 atom stereocenters. The van der Waals surface area contributed by atoms with Crippen molar-refractivity contribution in [2.45, 2.75) is 105 Å². The Hall–Kier alpha value is -2.76. The monoisotopic (exact) mass is 583 g/mol. The Morgan fingerprint density at radius 2 is 1.64 bits per heavy atom. The Bertz CT molecular complexity index is 1500. The lowest BCUT2D eigenvalue weighted by molar-refractivity contribution is -0.167. The third kappa shape index (κ3) is 3.56. The van der Waals surface area contributed by atoms with Gasteiger partial charge in [-0.05, 0) is 79.1 Å². The molecular formula is C33H40F3N3O3. The van der Waals surface area contributed by atoms with Crippen LogP contribution in [0, 0.1) is 56.2 Å². The third-order valence-corrected chi connectivity index (χ3v) is 13.3. The fraction of sp³-hybridized carbons (Fsp3) is 0.727. The molecule has 1 aromatic rings. The number of aromatic nitrogens is 2. The lowest BCUT2D eigenvalue weighted by Gasteiger charge is -2.69. The van der Waals surface area contributed by atoms with E-state index in [0.29, 0.717) is 12.8 Å². The van der Waals surface area contributed by atoms with Crippen LogP contribution in [0.5, 0.6) is 0 Å². The van der Waals surface area contributed by atoms with Crippen molar-refractivity contribution >= 4 is 11.6 Å². The molecule has 226 valence electrons. The quantitative estimate of drug-likeness (QED) is 0.339. The van der Waals surface area contributed by atoms with E-state index < -0.39 is 33.7 Å². The molecule has 9 heteroatoms. The molecule has 5 aliphatic rings. The number of fused-ring (bicyclic) bond motifs is 7. The highest BCUT2D eigenvalue weighted by molar-refractivity contribution is 6.04. The average molecular weight is 584 g/mol.